The van der Waals surface area contributed by atoms with Gasteiger partial charge >= 0.3 is 11.9 Å². The van der Waals surface area contributed by atoms with Crippen LogP contribution in [0.3, 0.4) is 0 Å². The van der Waals surface area contributed by atoms with Gasteiger partial charge in [0.15, 0.2) is 5.41 Å². The molecule has 1 aromatic carbocycles. The Bertz CT molecular complexity index is 449. The molecule has 0 spiro atoms. The molecule has 0 aliphatic rings. The van der Waals surface area contributed by atoms with Gasteiger partial charge in [0.25, 0.3) is 0 Å². The van der Waals surface area contributed by atoms with Gasteiger partial charge in [-0.1, -0.05) is 19.1 Å². The fourth-order valence-electron chi connectivity index (χ4n) is 2.05. The van der Waals surface area contributed by atoms with Crippen molar-refractivity contribution in [2.24, 2.45) is 0 Å². The Morgan fingerprint density at radius 3 is 1.80 bits per heavy atom. The summed E-state index contributed by atoms with van der Waals surface area (Å²) >= 11 is 0. The van der Waals surface area contributed by atoms with E-state index in [1.54, 1.807) is 20.8 Å². The van der Waals surface area contributed by atoms with Gasteiger partial charge < -0.3 is 9.47 Å². The number of esters is 2. The van der Waals surface area contributed by atoms with Crippen LogP contribution >= 0.6 is 0 Å². The fourth-order valence-corrected chi connectivity index (χ4v) is 2.05. The fraction of sp³-hybridized carbons (Fsp3) is 0.467. The zero-order valence-electron chi connectivity index (χ0n) is 11.9. The number of hydrogen-bond acceptors (Lipinski definition) is 4. The van der Waals surface area contributed by atoms with Gasteiger partial charge in [0.2, 0.25) is 0 Å². The highest BCUT2D eigenvalue weighted by atomic mass is 19.1. The summed E-state index contributed by atoms with van der Waals surface area (Å²) in [5.41, 5.74) is -1.17. The van der Waals surface area contributed by atoms with E-state index >= 15 is 0 Å². The molecule has 0 bridgehead atoms. The van der Waals surface area contributed by atoms with Crippen molar-refractivity contribution in [2.75, 3.05) is 13.2 Å². The zero-order valence-corrected chi connectivity index (χ0v) is 11.9. The second-order valence-corrected chi connectivity index (χ2v) is 4.21. The average molecular weight is 282 g/mol. The SMILES string of the molecule is CCOC(=O)C(CC)(C(=O)OCC)c1ccc(F)cc1. The second kappa shape index (κ2) is 7.03. The molecule has 0 saturated carbocycles. The van der Waals surface area contributed by atoms with Crippen LogP contribution in [0.1, 0.15) is 32.8 Å². The number of carbonyl (C=O) groups excluding carboxylic acids is 2. The van der Waals surface area contributed by atoms with Crippen molar-refractivity contribution >= 4 is 11.9 Å². The minimum atomic E-state index is -1.54. The van der Waals surface area contributed by atoms with Crippen molar-refractivity contribution in [3.8, 4) is 0 Å². The van der Waals surface area contributed by atoms with Crippen LogP contribution in [0.2, 0.25) is 0 Å². The van der Waals surface area contributed by atoms with Crippen molar-refractivity contribution < 1.29 is 23.5 Å². The highest BCUT2D eigenvalue weighted by molar-refractivity contribution is 6.06. The Morgan fingerprint density at radius 2 is 1.45 bits per heavy atom. The normalized spacial score (nSPS) is 11.0. The Labute approximate surface area is 117 Å². The van der Waals surface area contributed by atoms with Gasteiger partial charge in [-0.2, -0.15) is 0 Å². The van der Waals surface area contributed by atoms with Gasteiger partial charge in [0.05, 0.1) is 13.2 Å². The van der Waals surface area contributed by atoms with Crippen LogP contribution in [0.4, 0.5) is 4.39 Å². The molecule has 0 N–H and O–H groups in total. The lowest BCUT2D eigenvalue weighted by atomic mass is 9.78. The maximum atomic E-state index is 13.0. The number of carbonyl (C=O) groups is 2. The maximum absolute atomic E-state index is 13.0. The van der Waals surface area contributed by atoms with E-state index in [-0.39, 0.29) is 19.6 Å². The molecular formula is C15H19FO4. The molecule has 0 unspecified atom stereocenters. The largest absolute Gasteiger partial charge is 0.465 e. The zero-order chi connectivity index (χ0) is 15.2. The number of ether oxygens (including phenoxy) is 2. The first kappa shape index (κ1) is 16.1. The predicted octanol–water partition coefficient (Wildman–Crippen LogP) is 2.60. The van der Waals surface area contributed by atoms with Gasteiger partial charge in [-0.25, -0.2) is 4.39 Å². The first-order valence-corrected chi connectivity index (χ1v) is 6.63. The highest BCUT2D eigenvalue weighted by Gasteiger charge is 2.49. The van der Waals surface area contributed by atoms with E-state index < -0.39 is 23.2 Å². The molecular weight excluding hydrogens is 263 g/mol. The quantitative estimate of drug-likeness (QED) is 0.594. The third-order valence-corrected chi connectivity index (χ3v) is 3.12. The first-order chi connectivity index (χ1) is 9.52. The van der Waals surface area contributed by atoms with E-state index in [2.05, 4.69) is 0 Å². The monoisotopic (exact) mass is 282 g/mol. The van der Waals surface area contributed by atoms with E-state index in [9.17, 15) is 14.0 Å². The Morgan fingerprint density at radius 1 is 1.00 bits per heavy atom. The van der Waals surface area contributed by atoms with E-state index in [1.807, 2.05) is 0 Å². The van der Waals surface area contributed by atoms with Crippen LogP contribution in [0.25, 0.3) is 0 Å². The molecule has 0 heterocycles. The van der Waals surface area contributed by atoms with Gasteiger partial charge in [-0.3, -0.25) is 9.59 Å². The number of rotatable bonds is 6. The molecule has 4 nitrogen and oxygen atoms in total. The number of benzene rings is 1. The molecule has 110 valence electrons. The first-order valence-electron chi connectivity index (χ1n) is 6.63. The minimum absolute atomic E-state index is 0.154. The third-order valence-electron chi connectivity index (χ3n) is 3.12. The van der Waals surface area contributed by atoms with Gasteiger partial charge in [-0.15, -0.1) is 0 Å². The lowest BCUT2D eigenvalue weighted by molar-refractivity contribution is -0.165. The molecule has 0 saturated heterocycles. The summed E-state index contributed by atoms with van der Waals surface area (Å²) in [6, 6.07) is 5.23. The molecule has 1 rings (SSSR count). The Balaban J connectivity index is 3.33. The van der Waals surface area contributed by atoms with Crippen molar-refractivity contribution in [2.45, 2.75) is 32.6 Å². The summed E-state index contributed by atoms with van der Waals surface area (Å²) < 4.78 is 23.1. The number of halogens is 1. The summed E-state index contributed by atoms with van der Waals surface area (Å²) in [6.45, 7) is 5.32. The van der Waals surface area contributed by atoms with Crippen molar-refractivity contribution in [3.05, 3.63) is 35.6 Å². The topological polar surface area (TPSA) is 52.6 Å². The molecule has 5 heteroatoms. The standard InChI is InChI=1S/C15H19FO4/c1-4-15(13(17)19-5-2,14(18)20-6-3)11-7-9-12(16)10-8-11/h7-10H,4-6H2,1-3H3. The van der Waals surface area contributed by atoms with Crippen molar-refractivity contribution in [1.82, 2.24) is 0 Å². The summed E-state index contributed by atoms with van der Waals surface area (Å²) in [6.07, 6.45) is 0.177. The molecule has 0 aliphatic heterocycles. The van der Waals surface area contributed by atoms with Gasteiger partial charge in [0, 0.05) is 0 Å². The maximum Gasteiger partial charge on any atom is 0.328 e. The molecule has 0 aromatic heterocycles. The molecule has 0 atom stereocenters. The van der Waals surface area contributed by atoms with Crippen molar-refractivity contribution in [1.29, 1.82) is 0 Å². The van der Waals surface area contributed by atoms with E-state index in [0.717, 1.165) is 0 Å². The number of hydrogen-bond donors (Lipinski definition) is 0. The van der Waals surface area contributed by atoms with E-state index in [0.29, 0.717) is 5.56 Å². The Kier molecular flexibility index (Phi) is 5.67. The minimum Gasteiger partial charge on any atom is -0.465 e. The van der Waals surface area contributed by atoms with Gasteiger partial charge in [0.1, 0.15) is 5.82 Å². The summed E-state index contributed by atoms with van der Waals surface area (Å²) in [4.78, 5) is 24.6. The van der Waals surface area contributed by atoms with Crippen LogP contribution in [0.15, 0.2) is 24.3 Å². The molecule has 0 amide bonds. The van der Waals surface area contributed by atoms with Crippen molar-refractivity contribution in [3.63, 3.8) is 0 Å². The Hall–Kier alpha value is -1.91. The molecule has 0 fully saturated rings. The molecule has 0 radical (unpaired) electrons. The van der Waals surface area contributed by atoms with Crippen LogP contribution in [0, 0.1) is 5.82 Å². The van der Waals surface area contributed by atoms with Crippen LogP contribution in [-0.4, -0.2) is 25.2 Å². The molecule has 20 heavy (non-hydrogen) atoms. The summed E-state index contributed by atoms with van der Waals surface area (Å²) in [7, 11) is 0. The lowest BCUT2D eigenvalue weighted by Gasteiger charge is -2.28. The lowest BCUT2D eigenvalue weighted by Crippen LogP contribution is -2.45. The van der Waals surface area contributed by atoms with E-state index in [1.165, 1.54) is 24.3 Å². The van der Waals surface area contributed by atoms with E-state index in [4.69, 9.17) is 9.47 Å². The second-order valence-electron chi connectivity index (χ2n) is 4.21. The predicted molar refractivity (Wildman–Crippen MR) is 71.6 cm³/mol. The smallest absolute Gasteiger partial charge is 0.328 e. The average Bonchev–Trinajstić information content (AvgIpc) is 2.43. The highest BCUT2D eigenvalue weighted by Crippen LogP contribution is 2.31. The molecule has 0 aliphatic carbocycles. The van der Waals surface area contributed by atoms with Crippen LogP contribution in [-0.2, 0) is 24.5 Å². The van der Waals surface area contributed by atoms with Gasteiger partial charge in [-0.05, 0) is 38.0 Å². The van der Waals surface area contributed by atoms with Crippen LogP contribution < -0.4 is 0 Å². The molecule has 1 aromatic rings. The van der Waals surface area contributed by atoms with Crippen LogP contribution in [0.5, 0.6) is 0 Å². The summed E-state index contributed by atoms with van der Waals surface area (Å²) in [5.74, 6) is -1.79. The third kappa shape index (κ3) is 2.98. The summed E-state index contributed by atoms with van der Waals surface area (Å²) in [5, 5.41) is 0.